The molecule has 0 saturated carbocycles. The number of thiazole rings is 1. The topological polar surface area (TPSA) is 51.7 Å². The Hall–Kier alpha value is -1.92. The minimum Gasteiger partial charge on any atom is -0.494 e. The third-order valence-corrected chi connectivity index (χ3v) is 4.90. The van der Waals surface area contributed by atoms with Crippen LogP contribution < -0.4 is 4.74 Å². The zero-order chi connectivity index (χ0) is 17.1. The van der Waals surface area contributed by atoms with Crippen LogP contribution in [0.2, 0.25) is 0 Å². The van der Waals surface area contributed by atoms with Crippen LogP contribution in [0.25, 0.3) is 10.6 Å². The Morgan fingerprint density at radius 2 is 2.12 bits per heavy atom. The van der Waals surface area contributed by atoms with Gasteiger partial charge in [0.15, 0.2) is 0 Å². The molecule has 0 spiro atoms. The number of rotatable bonds is 4. The third kappa shape index (κ3) is 3.60. The second kappa shape index (κ2) is 7.32. The molecule has 1 amide bonds. The van der Waals surface area contributed by atoms with E-state index in [1.807, 2.05) is 55.3 Å². The highest BCUT2D eigenvalue weighted by molar-refractivity contribution is 7.13. The van der Waals surface area contributed by atoms with Gasteiger partial charge in [0.2, 0.25) is 0 Å². The summed E-state index contributed by atoms with van der Waals surface area (Å²) in [6.45, 7) is 7.77. The van der Waals surface area contributed by atoms with Crippen molar-refractivity contribution in [1.29, 1.82) is 0 Å². The van der Waals surface area contributed by atoms with Crippen molar-refractivity contribution in [2.75, 3.05) is 19.8 Å². The van der Waals surface area contributed by atoms with E-state index in [9.17, 15) is 4.79 Å². The van der Waals surface area contributed by atoms with Crippen molar-refractivity contribution >= 4 is 17.2 Å². The highest BCUT2D eigenvalue weighted by atomic mass is 32.1. The summed E-state index contributed by atoms with van der Waals surface area (Å²) in [5.41, 5.74) is 1.50. The predicted octanol–water partition coefficient (Wildman–Crippen LogP) is 3.46. The van der Waals surface area contributed by atoms with Gasteiger partial charge in [0.05, 0.1) is 25.4 Å². The van der Waals surface area contributed by atoms with Crippen molar-refractivity contribution in [2.45, 2.75) is 32.9 Å². The number of morpholine rings is 1. The smallest absolute Gasteiger partial charge is 0.273 e. The standard InChI is InChI=1S/C18H22N2O3S/c1-4-22-15-7-5-14(6-8-15)17-19-16(11-24-17)18(21)20-9-13(3)23-10-12(20)2/h5-8,11-13H,4,9-10H2,1-3H3/t12-,13+/m1/s1. The zero-order valence-electron chi connectivity index (χ0n) is 14.2. The number of benzene rings is 1. The van der Waals surface area contributed by atoms with Gasteiger partial charge in [-0.1, -0.05) is 0 Å². The van der Waals surface area contributed by atoms with Crippen LogP contribution >= 0.6 is 11.3 Å². The van der Waals surface area contributed by atoms with Gasteiger partial charge in [0, 0.05) is 17.5 Å². The van der Waals surface area contributed by atoms with Crippen molar-refractivity contribution in [3.8, 4) is 16.3 Å². The molecule has 0 unspecified atom stereocenters. The normalized spacial score (nSPS) is 20.9. The number of amides is 1. The number of carbonyl (C=O) groups excluding carboxylic acids is 1. The van der Waals surface area contributed by atoms with E-state index in [1.165, 1.54) is 11.3 Å². The molecule has 0 N–H and O–H groups in total. The van der Waals surface area contributed by atoms with E-state index >= 15 is 0 Å². The molecule has 1 aromatic carbocycles. The average Bonchev–Trinajstić information content (AvgIpc) is 3.07. The van der Waals surface area contributed by atoms with Crippen LogP contribution in [0.4, 0.5) is 0 Å². The fourth-order valence-corrected chi connectivity index (χ4v) is 3.50. The lowest BCUT2D eigenvalue weighted by Crippen LogP contribution is -2.50. The molecule has 5 nitrogen and oxygen atoms in total. The van der Waals surface area contributed by atoms with Crippen molar-refractivity contribution in [3.63, 3.8) is 0 Å². The van der Waals surface area contributed by atoms with E-state index in [0.29, 0.717) is 25.5 Å². The summed E-state index contributed by atoms with van der Waals surface area (Å²) in [6.07, 6.45) is 0.0642. The Morgan fingerprint density at radius 1 is 1.38 bits per heavy atom. The van der Waals surface area contributed by atoms with Gasteiger partial charge in [-0.25, -0.2) is 4.98 Å². The van der Waals surface area contributed by atoms with E-state index in [-0.39, 0.29) is 18.1 Å². The molecule has 128 valence electrons. The Bertz CT molecular complexity index is 699. The van der Waals surface area contributed by atoms with Crippen LogP contribution in [0, 0.1) is 0 Å². The Labute approximate surface area is 146 Å². The van der Waals surface area contributed by atoms with E-state index in [1.54, 1.807) is 0 Å². The molecule has 1 aromatic heterocycles. The summed E-state index contributed by atoms with van der Waals surface area (Å²) in [7, 11) is 0. The maximum atomic E-state index is 12.7. The molecule has 1 aliphatic heterocycles. The molecule has 2 aromatic rings. The summed E-state index contributed by atoms with van der Waals surface area (Å²) in [4.78, 5) is 19.1. The number of carbonyl (C=O) groups is 1. The Balaban J connectivity index is 1.76. The van der Waals surface area contributed by atoms with Gasteiger partial charge in [-0.15, -0.1) is 11.3 Å². The highest BCUT2D eigenvalue weighted by Crippen LogP contribution is 2.27. The summed E-state index contributed by atoms with van der Waals surface area (Å²) in [5, 5.41) is 2.68. The zero-order valence-corrected chi connectivity index (χ0v) is 15.0. The molecule has 1 fully saturated rings. The van der Waals surface area contributed by atoms with E-state index in [2.05, 4.69) is 4.98 Å². The average molecular weight is 346 g/mol. The van der Waals surface area contributed by atoms with Crippen molar-refractivity contribution < 1.29 is 14.3 Å². The first kappa shape index (κ1) is 16.9. The fraction of sp³-hybridized carbons (Fsp3) is 0.444. The van der Waals surface area contributed by atoms with Gasteiger partial charge in [0.1, 0.15) is 16.5 Å². The first-order valence-corrected chi connectivity index (χ1v) is 9.07. The molecule has 1 saturated heterocycles. The Kier molecular flexibility index (Phi) is 5.16. The van der Waals surface area contributed by atoms with Crippen LogP contribution in [0.3, 0.4) is 0 Å². The fourth-order valence-electron chi connectivity index (χ4n) is 2.70. The molecule has 3 rings (SSSR count). The second-order valence-electron chi connectivity index (χ2n) is 5.95. The first-order chi connectivity index (χ1) is 11.6. The van der Waals surface area contributed by atoms with Gasteiger partial charge in [-0.2, -0.15) is 0 Å². The number of hydrogen-bond donors (Lipinski definition) is 0. The van der Waals surface area contributed by atoms with Crippen LogP contribution in [0.15, 0.2) is 29.6 Å². The van der Waals surface area contributed by atoms with Crippen LogP contribution in [0.1, 0.15) is 31.3 Å². The van der Waals surface area contributed by atoms with E-state index in [0.717, 1.165) is 16.3 Å². The molecular formula is C18H22N2O3S. The molecular weight excluding hydrogens is 324 g/mol. The van der Waals surface area contributed by atoms with Crippen molar-refractivity contribution in [3.05, 3.63) is 35.3 Å². The molecule has 1 aliphatic rings. The summed E-state index contributed by atoms with van der Waals surface area (Å²) in [6, 6.07) is 7.86. The molecule has 0 bridgehead atoms. The quantitative estimate of drug-likeness (QED) is 0.851. The summed E-state index contributed by atoms with van der Waals surface area (Å²) >= 11 is 1.49. The Morgan fingerprint density at radius 3 is 2.83 bits per heavy atom. The van der Waals surface area contributed by atoms with Gasteiger partial charge in [-0.3, -0.25) is 4.79 Å². The molecule has 2 atom stereocenters. The van der Waals surface area contributed by atoms with E-state index < -0.39 is 0 Å². The number of aromatic nitrogens is 1. The molecule has 24 heavy (non-hydrogen) atoms. The van der Waals surface area contributed by atoms with Crippen molar-refractivity contribution in [2.24, 2.45) is 0 Å². The molecule has 6 heteroatoms. The third-order valence-electron chi connectivity index (χ3n) is 4.00. The number of hydrogen-bond acceptors (Lipinski definition) is 5. The molecule has 0 aliphatic carbocycles. The van der Waals surface area contributed by atoms with Crippen LogP contribution in [-0.4, -0.2) is 47.7 Å². The lowest BCUT2D eigenvalue weighted by Gasteiger charge is -2.36. The largest absolute Gasteiger partial charge is 0.494 e. The maximum absolute atomic E-state index is 12.7. The molecule has 2 heterocycles. The summed E-state index contributed by atoms with van der Waals surface area (Å²) in [5.74, 6) is 0.816. The second-order valence-corrected chi connectivity index (χ2v) is 6.80. The minimum absolute atomic E-state index is 0.0221. The number of nitrogens with zero attached hydrogens (tertiary/aromatic N) is 2. The SMILES string of the molecule is CCOc1ccc(-c2nc(C(=O)N3C[C@H](C)OC[C@H]3C)cs2)cc1. The minimum atomic E-state index is -0.0221. The van der Waals surface area contributed by atoms with Gasteiger partial charge in [-0.05, 0) is 45.0 Å². The maximum Gasteiger partial charge on any atom is 0.273 e. The van der Waals surface area contributed by atoms with Crippen LogP contribution in [0.5, 0.6) is 5.75 Å². The lowest BCUT2D eigenvalue weighted by molar-refractivity contribution is -0.0388. The van der Waals surface area contributed by atoms with E-state index in [4.69, 9.17) is 9.47 Å². The van der Waals surface area contributed by atoms with Gasteiger partial charge in [0.25, 0.3) is 5.91 Å². The van der Waals surface area contributed by atoms with Gasteiger partial charge < -0.3 is 14.4 Å². The van der Waals surface area contributed by atoms with Crippen LogP contribution in [-0.2, 0) is 4.74 Å². The molecule has 0 radical (unpaired) electrons. The van der Waals surface area contributed by atoms with Crippen molar-refractivity contribution in [1.82, 2.24) is 9.88 Å². The summed E-state index contributed by atoms with van der Waals surface area (Å²) < 4.78 is 11.0. The highest BCUT2D eigenvalue weighted by Gasteiger charge is 2.29. The first-order valence-electron chi connectivity index (χ1n) is 8.19. The lowest BCUT2D eigenvalue weighted by atomic mass is 10.2. The monoisotopic (exact) mass is 346 g/mol. The number of ether oxygens (including phenoxy) is 2. The van der Waals surface area contributed by atoms with Gasteiger partial charge >= 0.3 is 0 Å². The predicted molar refractivity (Wildman–Crippen MR) is 94.6 cm³/mol.